The van der Waals surface area contributed by atoms with E-state index in [0.717, 1.165) is 0 Å². The quantitative estimate of drug-likeness (QED) is 0.402. The first kappa shape index (κ1) is 11.5. The van der Waals surface area contributed by atoms with Crippen molar-refractivity contribution in [2.45, 2.75) is 30.9 Å². The summed E-state index contributed by atoms with van der Waals surface area (Å²) in [6.45, 7) is 1.78. The molecule has 0 amide bonds. The van der Waals surface area contributed by atoms with Crippen molar-refractivity contribution in [2.75, 3.05) is 0 Å². The average molecular weight is 190 g/mol. The monoisotopic (exact) mass is 190 g/mol. The van der Waals surface area contributed by atoms with Crippen LogP contribution < -0.4 is 51.4 Å². The third kappa shape index (κ3) is 2.03. The van der Waals surface area contributed by atoms with E-state index >= 15 is 0 Å². The molecule has 56 valence electrons. The van der Waals surface area contributed by atoms with E-state index in [4.69, 9.17) is 4.55 Å². The Hall–Kier alpha value is 1.55. The molecule has 0 aromatic heterocycles. The molecule has 0 aromatic carbocycles. The van der Waals surface area contributed by atoms with E-state index in [1.165, 1.54) is 0 Å². The van der Waals surface area contributed by atoms with Crippen LogP contribution in [0.4, 0.5) is 0 Å². The molecule has 1 N–H and O–H groups in total. The van der Waals surface area contributed by atoms with Gasteiger partial charge < -0.3 is 1.43 Å². The first-order chi connectivity index (χ1) is 4.02. The van der Waals surface area contributed by atoms with Crippen LogP contribution in [0.3, 0.4) is 0 Å². The Morgan fingerprint density at radius 3 is 2.00 bits per heavy atom. The molecule has 1 fully saturated rings. The van der Waals surface area contributed by atoms with E-state index in [1.807, 2.05) is 0 Å². The van der Waals surface area contributed by atoms with E-state index < -0.39 is 14.9 Å². The summed E-state index contributed by atoms with van der Waals surface area (Å²) in [5, 5.41) is 0. The summed E-state index contributed by atoms with van der Waals surface area (Å²) in [6.07, 6.45) is 1.79. The van der Waals surface area contributed by atoms with Crippen LogP contribution in [0.1, 0.15) is 27.6 Å². The van der Waals surface area contributed by atoms with Crippen LogP contribution in [0.25, 0.3) is 0 Å². The second-order valence-corrected chi connectivity index (χ2v) is 4.33. The fourth-order valence-corrected chi connectivity index (χ4v) is 1.92. The van der Waals surface area contributed by atoms with Crippen LogP contribution in [0.2, 0.25) is 0 Å². The normalized spacial score (nSPS) is 21.4. The molecule has 0 bridgehead atoms. The van der Waals surface area contributed by atoms with Gasteiger partial charge in [-0.1, -0.05) is 6.92 Å². The minimum absolute atomic E-state index is 0. The van der Waals surface area contributed by atoms with Crippen molar-refractivity contribution in [3.8, 4) is 0 Å². The first-order valence-electron chi connectivity index (χ1n) is 2.99. The van der Waals surface area contributed by atoms with E-state index in [1.54, 1.807) is 6.92 Å². The molecule has 0 heterocycles. The van der Waals surface area contributed by atoms with Crippen molar-refractivity contribution in [1.82, 2.24) is 0 Å². The zero-order valence-electron chi connectivity index (χ0n) is 7.29. The summed E-state index contributed by atoms with van der Waals surface area (Å²) in [6, 6.07) is 0. The molecule has 0 unspecified atom stereocenters. The van der Waals surface area contributed by atoms with Gasteiger partial charge in [0.1, 0.15) is 0 Å². The molecule has 1 saturated carbocycles. The van der Waals surface area contributed by atoms with Crippen LogP contribution in [-0.4, -0.2) is 17.7 Å². The smallest absolute Gasteiger partial charge is 1.00 e. The minimum atomic E-state index is -3.74. The molecule has 0 saturated heterocycles. The van der Waals surface area contributed by atoms with Gasteiger partial charge in [0.15, 0.2) is 0 Å². The van der Waals surface area contributed by atoms with Crippen molar-refractivity contribution in [2.24, 2.45) is 0 Å². The van der Waals surface area contributed by atoms with Crippen molar-refractivity contribution in [3.63, 3.8) is 0 Å². The largest absolute Gasteiger partial charge is 1.00 e. The van der Waals surface area contributed by atoms with Crippen molar-refractivity contribution >= 4 is 10.1 Å². The van der Waals surface area contributed by atoms with Crippen molar-refractivity contribution in [3.05, 3.63) is 0 Å². The molecule has 10 heavy (non-hydrogen) atoms. The fraction of sp³-hybridized carbons (Fsp3) is 1.00. The Balaban J connectivity index is 0. The van der Waals surface area contributed by atoms with E-state index in [0.29, 0.717) is 19.3 Å². The molecule has 1 rings (SSSR count). The average Bonchev–Trinajstić information content (AvgIpc) is 2.40. The Labute approximate surface area is 105 Å². The van der Waals surface area contributed by atoms with Gasteiger partial charge in [0.25, 0.3) is 10.1 Å². The molecule has 1 aliphatic rings. The number of hydrogen-bond acceptors (Lipinski definition) is 2. The second-order valence-electron chi connectivity index (χ2n) is 2.51. The number of hydrogen-bond donors (Lipinski definition) is 1. The summed E-state index contributed by atoms with van der Waals surface area (Å²) in [5.74, 6) is 0. The van der Waals surface area contributed by atoms with Crippen LogP contribution in [-0.2, 0) is 10.1 Å². The maximum Gasteiger partial charge on any atom is 1.00 e. The first-order valence-corrected chi connectivity index (χ1v) is 4.43. The van der Waals surface area contributed by atoms with E-state index in [2.05, 4.69) is 0 Å². The molecular formula is C5H11KO3S. The van der Waals surface area contributed by atoms with Crippen molar-refractivity contribution in [1.29, 1.82) is 0 Å². The van der Waals surface area contributed by atoms with Gasteiger partial charge in [-0.05, 0) is 19.3 Å². The standard InChI is InChI=1S/C5H10O3S.K.H/c1-2-5(3-4-5)9(6,7)8;;/h2-4H2,1H3,(H,6,7,8);;/q;+1;-1. The summed E-state index contributed by atoms with van der Waals surface area (Å²) in [5.41, 5.74) is 0. The zero-order chi connectivity index (χ0) is 7.12. The van der Waals surface area contributed by atoms with E-state index in [9.17, 15) is 8.42 Å². The van der Waals surface area contributed by atoms with Crippen molar-refractivity contribution < 1.29 is 65.8 Å². The van der Waals surface area contributed by atoms with Crippen LogP contribution >= 0.6 is 0 Å². The van der Waals surface area contributed by atoms with Gasteiger partial charge in [-0.15, -0.1) is 0 Å². The Kier molecular flexibility index (Phi) is 4.05. The maximum absolute atomic E-state index is 10.5. The van der Waals surface area contributed by atoms with Crippen LogP contribution in [0, 0.1) is 0 Å². The molecule has 3 nitrogen and oxygen atoms in total. The van der Waals surface area contributed by atoms with Gasteiger partial charge in [0, 0.05) is 0 Å². The summed E-state index contributed by atoms with van der Waals surface area (Å²) in [4.78, 5) is 0. The van der Waals surface area contributed by atoms with Gasteiger partial charge in [-0.3, -0.25) is 4.55 Å². The summed E-state index contributed by atoms with van der Waals surface area (Å²) >= 11 is 0. The molecule has 0 radical (unpaired) electrons. The zero-order valence-corrected chi connectivity index (χ0v) is 10.2. The molecule has 0 spiro atoms. The molecular weight excluding hydrogens is 179 g/mol. The second kappa shape index (κ2) is 3.51. The Morgan fingerprint density at radius 2 is 2.00 bits per heavy atom. The molecule has 0 atom stereocenters. The topological polar surface area (TPSA) is 54.4 Å². The molecule has 0 aliphatic heterocycles. The Bertz CT molecular complexity index is 210. The third-order valence-corrected chi connectivity index (χ3v) is 3.79. The van der Waals surface area contributed by atoms with Crippen LogP contribution in [0.15, 0.2) is 0 Å². The SMILES string of the molecule is CCC1(S(=O)(=O)O)CC1.[H-].[K+]. The molecule has 0 aromatic rings. The maximum atomic E-state index is 10.5. The summed E-state index contributed by atoms with van der Waals surface area (Å²) < 4.78 is 28.8. The third-order valence-electron chi connectivity index (χ3n) is 2.00. The Morgan fingerprint density at radius 1 is 1.60 bits per heavy atom. The van der Waals surface area contributed by atoms with Gasteiger partial charge in [0.2, 0.25) is 0 Å². The van der Waals surface area contributed by atoms with Gasteiger partial charge in [0.05, 0.1) is 4.75 Å². The fourth-order valence-electron chi connectivity index (χ4n) is 0.933. The molecule has 5 heteroatoms. The van der Waals surface area contributed by atoms with Gasteiger partial charge >= 0.3 is 51.4 Å². The predicted molar refractivity (Wildman–Crippen MR) is 34.9 cm³/mol. The van der Waals surface area contributed by atoms with Gasteiger partial charge in [-0.25, -0.2) is 0 Å². The van der Waals surface area contributed by atoms with E-state index in [-0.39, 0.29) is 52.8 Å². The number of rotatable bonds is 2. The minimum Gasteiger partial charge on any atom is -1.00 e. The summed E-state index contributed by atoms with van der Waals surface area (Å²) in [7, 11) is -3.74. The van der Waals surface area contributed by atoms with Gasteiger partial charge in [-0.2, -0.15) is 8.42 Å². The van der Waals surface area contributed by atoms with Crippen LogP contribution in [0.5, 0.6) is 0 Å². The predicted octanol–water partition coefficient (Wildman–Crippen LogP) is -2.07. The molecule has 1 aliphatic carbocycles.